The summed E-state index contributed by atoms with van der Waals surface area (Å²) in [5.74, 6) is 0. The monoisotopic (exact) mass is 408 g/mol. The van der Waals surface area contributed by atoms with Gasteiger partial charge in [0, 0.05) is 40.8 Å². The van der Waals surface area contributed by atoms with E-state index in [0.29, 0.717) is 18.7 Å². The number of hydrogen-bond donors (Lipinski definition) is 1. The van der Waals surface area contributed by atoms with Crippen molar-refractivity contribution in [1.82, 2.24) is 4.57 Å². The highest BCUT2D eigenvalue weighted by molar-refractivity contribution is 6.33. The molecule has 0 spiro atoms. The molecule has 2 N–H and O–H groups in total. The van der Waals surface area contributed by atoms with Gasteiger partial charge in [-0.25, -0.2) is 0 Å². The third-order valence-corrected chi connectivity index (χ3v) is 4.97. The summed E-state index contributed by atoms with van der Waals surface area (Å²) < 4.78 is 40.9. The number of alkyl halides is 3. The Labute approximate surface area is 168 Å². The molecule has 0 bridgehead atoms. The Hall–Kier alpha value is -1.98. The normalized spacial score (nSPS) is 12.7. The third-order valence-electron chi connectivity index (χ3n) is 4.66. The van der Waals surface area contributed by atoms with Gasteiger partial charge in [-0.3, -0.25) is 0 Å². The maximum atomic E-state index is 12.9. The van der Waals surface area contributed by atoms with Crippen LogP contribution >= 0.6 is 11.6 Å². The van der Waals surface area contributed by atoms with Gasteiger partial charge in [0.25, 0.3) is 0 Å². The summed E-state index contributed by atoms with van der Waals surface area (Å²) >= 11 is 6.20. The maximum absolute atomic E-state index is 12.9. The fourth-order valence-corrected chi connectivity index (χ4v) is 3.79. The number of hydrogen-bond acceptors (Lipinski definition) is 1. The molecule has 6 heteroatoms. The Morgan fingerprint density at radius 2 is 1.75 bits per heavy atom. The average molecular weight is 409 g/mol. The van der Waals surface area contributed by atoms with E-state index in [1.807, 2.05) is 18.2 Å². The van der Waals surface area contributed by atoms with Crippen molar-refractivity contribution in [1.29, 1.82) is 0 Å². The van der Waals surface area contributed by atoms with E-state index in [1.165, 1.54) is 11.6 Å². The van der Waals surface area contributed by atoms with Crippen LogP contribution in [0.5, 0.6) is 0 Å². The van der Waals surface area contributed by atoms with Crippen molar-refractivity contribution in [3.05, 3.63) is 58.7 Å². The van der Waals surface area contributed by atoms with E-state index in [4.69, 9.17) is 17.3 Å². The van der Waals surface area contributed by atoms with Crippen LogP contribution in [-0.4, -0.2) is 11.1 Å². The summed E-state index contributed by atoms with van der Waals surface area (Å²) in [6.45, 7) is 7.77. The maximum Gasteiger partial charge on any atom is 0.416 e. The molecule has 0 aliphatic carbocycles. The minimum Gasteiger partial charge on any atom is -0.346 e. The van der Waals surface area contributed by atoms with Gasteiger partial charge >= 0.3 is 6.18 Å². The lowest BCUT2D eigenvalue weighted by Crippen LogP contribution is -2.10. The molecule has 0 unspecified atom stereocenters. The van der Waals surface area contributed by atoms with E-state index in [2.05, 4.69) is 31.5 Å². The first-order chi connectivity index (χ1) is 13.0. The van der Waals surface area contributed by atoms with E-state index < -0.39 is 11.7 Å². The number of nitrogens with zero attached hydrogens (tertiary/aromatic N) is 1. The molecule has 0 saturated carbocycles. The molecule has 0 amide bonds. The van der Waals surface area contributed by atoms with Crippen LogP contribution in [0.1, 0.15) is 31.9 Å². The topological polar surface area (TPSA) is 30.9 Å². The van der Waals surface area contributed by atoms with Gasteiger partial charge in [0.05, 0.1) is 5.56 Å². The van der Waals surface area contributed by atoms with Crippen molar-refractivity contribution in [3.8, 4) is 11.1 Å². The highest BCUT2D eigenvalue weighted by Gasteiger charge is 2.31. The van der Waals surface area contributed by atoms with Crippen LogP contribution in [-0.2, 0) is 19.1 Å². The van der Waals surface area contributed by atoms with Gasteiger partial charge in [-0.05, 0) is 47.2 Å². The van der Waals surface area contributed by atoms with E-state index in [1.54, 1.807) is 0 Å². The number of fused-ring (bicyclic) bond motifs is 1. The van der Waals surface area contributed by atoms with Crippen molar-refractivity contribution in [2.75, 3.05) is 6.54 Å². The molecular weight excluding hydrogens is 385 g/mol. The molecule has 0 fully saturated rings. The van der Waals surface area contributed by atoms with Crippen LogP contribution in [0.4, 0.5) is 13.2 Å². The van der Waals surface area contributed by atoms with Gasteiger partial charge in [0.1, 0.15) is 0 Å². The van der Waals surface area contributed by atoms with Crippen molar-refractivity contribution < 1.29 is 13.2 Å². The molecular formula is C22H24ClF3N2. The molecule has 2 aromatic carbocycles. The van der Waals surface area contributed by atoms with Crippen molar-refractivity contribution in [2.24, 2.45) is 11.1 Å². The summed E-state index contributed by atoms with van der Waals surface area (Å²) in [5.41, 5.74) is 8.75. The van der Waals surface area contributed by atoms with Gasteiger partial charge in [-0.1, -0.05) is 44.5 Å². The minimum atomic E-state index is -4.41. The van der Waals surface area contributed by atoms with Gasteiger partial charge in [0.15, 0.2) is 0 Å². The standard InChI is InChI=1S/C22H24ClF3N2/c1-21(2,3)12-15-13-28(9-8-27)20-7-4-14(10-18(15)20)17-6-5-16(11-19(17)23)22(24,25)26/h4-7,10-11,13H,8-9,12,27H2,1-3H3. The van der Waals surface area contributed by atoms with Crippen molar-refractivity contribution >= 4 is 22.5 Å². The smallest absolute Gasteiger partial charge is 0.346 e. The van der Waals surface area contributed by atoms with Gasteiger partial charge in [0.2, 0.25) is 0 Å². The SMILES string of the molecule is CC(C)(C)Cc1cn(CCN)c2ccc(-c3ccc(C(F)(F)F)cc3Cl)cc12. The summed E-state index contributed by atoms with van der Waals surface area (Å²) in [6, 6.07) is 9.38. The molecule has 150 valence electrons. The Bertz CT molecular complexity index is 997. The van der Waals surface area contributed by atoms with E-state index in [0.717, 1.165) is 35.0 Å². The lowest BCUT2D eigenvalue weighted by molar-refractivity contribution is -0.137. The van der Waals surface area contributed by atoms with Crippen LogP contribution < -0.4 is 5.73 Å². The predicted molar refractivity (Wildman–Crippen MR) is 110 cm³/mol. The van der Waals surface area contributed by atoms with Crippen molar-refractivity contribution in [2.45, 2.75) is 39.9 Å². The fourth-order valence-electron chi connectivity index (χ4n) is 3.50. The van der Waals surface area contributed by atoms with Crippen LogP contribution in [0.15, 0.2) is 42.6 Å². The molecule has 0 radical (unpaired) electrons. The van der Waals surface area contributed by atoms with Crippen LogP contribution in [0.3, 0.4) is 0 Å². The second kappa shape index (κ2) is 7.45. The van der Waals surface area contributed by atoms with Gasteiger partial charge in [-0.2, -0.15) is 13.2 Å². The zero-order chi connectivity index (χ0) is 20.7. The van der Waals surface area contributed by atoms with E-state index >= 15 is 0 Å². The summed E-state index contributed by atoms with van der Waals surface area (Å²) in [7, 11) is 0. The molecule has 28 heavy (non-hydrogen) atoms. The number of benzene rings is 2. The first-order valence-corrected chi connectivity index (χ1v) is 9.56. The molecule has 1 aromatic heterocycles. The van der Waals surface area contributed by atoms with Crippen LogP contribution in [0, 0.1) is 5.41 Å². The molecule has 2 nitrogen and oxygen atoms in total. The summed E-state index contributed by atoms with van der Waals surface area (Å²) in [4.78, 5) is 0. The van der Waals surface area contributed by atoms with Crippen molar-refractivity contribution in [3.63, 3.8) is 0 Å². The summed E-state index contributed by atoms with van der Waals surface area (Å²) in [5, 5.41) is 1.17. The molecule has 3 rings (SSSR count). The van der Waals surface area contributed by atoms with Gasteiger partial charge < -0.3 is 10.3 Å². The highest BCUT2D eigenvalue weighted by atomic mass is 35.5. The molecule has 3 aromatic rings. The minimum absolute atomic E-state index is 0.0907. The van der Waals surface area contributed by atoms with E-state index in [-0.39, 0.29) is 10.4 Å². The number of nitrogens with two attached hydrogens (primary N) is 1. The molecule has 0 aliphatic heterocycles. The lowest BCUT2D eigenvalue weighted by Gasteiger charge is -2.17. The van der Waals surface area contributed by atoms with Crippen LogP contribution in [0.25, 0.3) is 22.0 Å². The van der Waals surface area contributed by atoms with Gasteiger partial charge in [-0.15, -0.1) is 0 Å². The third kappa shape index (κ3) is 4.36. The Morgan fingerprint density at radius 1 is 1.04 bits per heavy atom. The molecule has 0 saturated heterocycles. The Balaban J connectivity index is 2.12. The first kappa shape index (κ1) is 20.7. The average Bonchev–Trinajstić information content (AvgIpc) is 2.89. The largest absolute Gasteiger partial charge is 0.416 e. The second-order valence-electron chi connectivity index (χ2n) is 8.30. The predicted octanol–water partition coefficient (Wildman–Crippen LogP) is 6.53. The zero-order valence-corrected chi connectivity index (χ0v) is 17.0. The van der Waals surface area contributed by atoms with E-state index in [9.17, 15) is 13.2 Å². The Morgan fingerprint density at radius 3 is 2.32 bits per heavy atom. The Kier molecular flexibility index (Phi) is 5.52. The lowest BCUT2D eigenvalue weighted by atomic mass is 9.87. The number of rotatable bonds is 4. The number of halogens is 4. The molecule has 0 aliphatic rings. The fraction of sp³-hybridized carbons (Fsp3) is 0.364. The highest BCUT2D eigenvalue weighted by Crippen LogP contribution is 2.37. The zero-order valence-electron chi connectivity index (χ0n) is 16.2. The second-order valence-corrected chi connectivity index (χ2v) is 8.71. The number of aromatic nitrogens is 1. The summed E-state index contributed by atoms with van der Waals surface area (Å²) in [6.07, 6.45) is -1.41. The molecule has 1 heterocycles. The quantitative estimate of drug-likeness (QED) is 0.522. The first-order valence-electron chi connectivity index (χ1n) is 9.18. The molecule has 0 atom stereocenters. The van der Waals surface area contributed by atoms with Crippen LogP contribution in [0.2, 0.25) is 5.02 Å².